The van der Waals surface area contributed by atoms with E-state index in [0.29, 0.717) is 29.0 Å². The Morgan fingerprint density at radius 2 is 1.40 bits per heavy atom. The van der Waals surface area contributed by atoms with Crippen LogP contribution in [0, 0.1) is 29.2 Å². The molecule has 1 atom stereocenters. The molecule has 5 heteroatoms. The molecule has 0 fully saturated rings. The van der Waals surface area contributed by atoms with Gasteiger partial charge in [-0.3, -0.25) is 0 Å². The maximum absolute atomic E-state index is 15.0. The number of hydrogen-bond acceptors (Lipinski definition) is 1. The smallest absolute Gasteiger partial charge is 0.201 e. The van der Waals surface area contributed by atoms with E-state index in [-0.39, 0.29) is 23.5 Å². The van der Waals surface area contributed by atoms with Crippen molar-refractivity contribution in [2.45, 2.75) is 39.0 Å². The summed E-state index contributed by atoms with van der Waals surface area (Å²) in [7, 11) is 0. The van der Waals surface area contributed by atoms with Crippen molar-refractivity contribution in [1.29, 1.82) is 0 Å². The molecule has 0 spiro atoms. The van der Waals surface area contributed by atoms with Gasteiger partial charge in [0.05, 0.1) is 6.61 Å². The lowest BCUT2D eigenvalue weighted by molar-refractivity contribution is 0.291. The Morgan fingerprint density at radius 3 is 2.00 bits per heavy atom. The quantitative estimate of drug-likeness (QED) is 0.177. The van der Waals surface area contributed by atoms with Crippen LogP contribution in [0.15, 0.2) is 67.3 Å². The highest BCUT2D eigenvalue weighted by Crippen LogP contribution is 2.36. The molecule has 1 nitrogen and oxygen atoms in total. The second-order valence-electron chi connectivity index (χ2n) is 8.99. The zero-order valence-corrected chi connectivity index (χ0v) is 19.7. The van der Waals surface area contributed by atoms with Gasteiger partial charge >= 0.3 is 0 Å². The number of rotatable bonds is 8. The molecule has 0 radical (unpaired) electrons. The Balaban J connectivity index is 1.56. The zero-order valence-electron chi connectivity index (χ0n) is 19.7. The summed E-state index contributed by atoms with van der Waals surface area (Å²) in [6.07, 6.45) is 7.64. The van der Waals surface area contributed by atoms with Gasteiger partial charge in [-0.2, -0.15) is 4.39 Å². The number of unbranched alkanes of at least 4 members (excludes halogenated alkanes) is 1. The molecule has 4 rings (SSSR count). The molecule has 0 aliphatic heterocycles. The van der Waals surface area contributed by atoms with Crippen LogP contribution in [0.25, 0.3) is 27.8 Å². The lowest BCUT2D eigenvalue weighted by Crippen LogP contribution is -2.04. The van der Waals surface area contributed by atoms with E-state index < -0.39 is 23.3 Å². The van der Waals surface area contributed by atoms with Crippen LogP contribution in [0.5, 0.6) is 5.75 Å². The number of allylic oxidation sites excluding steroid dienone is 3. The molecule has 0 saturated heterocycles. The third-order valence-corrected chi connectivity index (χ3v) is 6.47. The predicted octanol–water partition coefficient (Wildman–Crippen LogP) is 9.13. The van der Waals surface area contributed by atoms with E-state index in [1.54, 1.807) is 42.5 Å². The molecule has 1 unspecified atom stereocenters. The molecule has 0 amide bonds. The summed E-state index contributed by atoms with van der Waals surface area (Å²) < 4.78 is 64.4. The van der Waals surface area contributed by atoms with E-state index in [9.17, 15) is 17.6 Å². The minimum Gasteiger partial charge on any atom is -0.490 e. The van der Waals surface area contributed by atoms with Crippen LogP contribution in [-0.2, 0) is 0 Å². The lowest BCUT2D eigenvalue weighted by atomic mass is 9.87. The highest BCUT2D eigenvalue weighted by atomic mass is 19.2. The molecule has 0 N–H and O–H groups in total. The van der Waals surface area contributed by atoms with Gasteiger partial charge in [0.25, 0.3) is 0 Å². The summed E-state index contributed by atoms with van der Waals surface area (Å²) in [5.41, 5.74) is 2.20. The minimum atomic E-state index is -1.06. The van der Waals surface area contributed by atoms with Gasteiger partial charge in [-0.25, -0.2) is 13.2 Å². The molecule has 0 bridgehead atoms. The summed E-state index contributed by atoms with van der Waals surface area (Å²) in [6.45, 7) is 6.01. The first-order valence-corrected chi connectivity index (χ1v) is 11.9. The van der Waals surface area contributed by atoms with E-state index in [1.165, 1.54) is 12.1 Å². The molecule has 182 valence electrons. The van der Waals surface area contributed by atoms with Crippen LogP contribution in [0.1, 0.15) is 44.6 Å². The van der Waals surface area contributed by atoms with Crippen molar-refractivity contribution in [3.05, 3.63) is 96.1 Å². The Kier molecular flexibility index (Phi) is 7.74. The highest BCUT2D eigenvalue weighted by Gasteiger charge is 2.20. The second-order valence-corrected chi connectivity index (χ2v) is 8.99. The van der Waals surface area contributed by atoms with Gasteiger partial charge in [-0.05, 0) is 66.9 Å². The Labute approximate surface area is 203 Å². The third kappa shape index (κ3) is 5.34. The molecule has 0 aromatic heterocycles. The van der Waals surface area contributed by atoms with Gasteiger partial charge < -0.3 is 4.74 Å². The van der Waals surface area contributed by atoms with Gasteiger partial charge in [-0.1, -0.05) is 55.5 Å². The highest BCUT2D eigenvalue weighted by molar-refractivity contribution is 5.74. The maximum atomic E-state index is 15.0. The monoisotopic (exact) mass is 480 g/mol. The molecular formula is C30H28F4O. The van der Waals surface area contributed by atoms with Crippen LogP contribution >= 0.6 is 0 Å². The fraction of sp³-hybridized carbons (Fsp3) is 0.267. The van der Waals surface area contributed by atoms with E-state index in [1.807, 2.05) is 6.08 Å². The second kappa shape index (κ2) is 10.9. The molecule has 0 saturated carbocycles. The Morgan fingerprint density at radius 1 is 0.829 bits per heavy atom. The SMILES string of the molecule is C=CCCCOc1ccc(-c2ccc(-c3ccc(C4=CCC(C)CC4)c(F)c3F)cc2)c(F)c1F. The molecule has 1 aliphatic carbocycles. The van der Waals surface area contributed by atoms with E-state index in [0.717, 1.165) is 31.3 Å². The van der Waals surface area contributed by atoms with Crippen molar-refractivity contribution in [1.82, 2.24) is 0 Å². The number of halogens is 4. The average molecular weight is 481 g/mol. The Bertz CT molecular complexity index is 1240. The zero-order chi connectivity index (χ0) is 24.9. The standard InChI is InChI=1S/C30H28F4O/c1-3-4-5-18-35-26-17-16-25(29(33)30(26)34)22-12-10-21(11-13-22)24-15-14-23(27(31)28(24)32)20-8-6-19(2)7-9-20/h3,8,10-17,19H,1,4-7,9,18H2,2H3. The van der Waals surface area contributed by atoms with Crippen molar-refractivity contribution >= 4 is 5.57 Å². The van der Waals surface area contributed by atoms with Crippen LogP contribution in [0.4, 0.5) is 17.6 Å². The summed E-state index contributed by atoms with van der Waals surface area (Å²) >= 11 is 0. The summed E-state index contributed by atoms with van der Waals surface area (Å²) in [4.78, 5) is 0. The van der Waals surface area contributed by atoms with Gasteiger partial charge in [0.2, 0.25) is 5.82 Å². The molecule has 3 aromatic rings. The largest absolute Gasteiger partial charge is 0.490 e. The molecule has 35 heavy (non-hydrogen) atoms. The number of hydrogen-bond donors (Lipinski definition) is 0. The van der Waals surface area contributed by atoms with Gasteiger partial charge in [-0.15, -0.1) is 6.58 Å². The summed E-state index contributed by atoms with van der Waals surface area (Å²) in [5, 5.41) is 0. The first kappa shape index (κ1) is 24.8. The molecule has 0 heterocycles. The molecule has 1 aliphatic rings. The van der Waals surface area contributed by atoms with Crippen LogP contribution < -0.4 is 4.74 Å². The van der Waals surface area contributed by atoms with Crippen molar-refractivity contribution in [2.24, 2.45) is 5.92 Å². The van der Waals surface area contributed by atoms with E-state index >= 15 is 0 Å². The fourth-order valence-corrected chi connectivity index (χ4v) is 4.34. The third-order valence-electron chi connectivity index (χ3n) is 6.47. The molecular weight excluding hydrogens is 452 g/mol. The topological polar surface area (TPSA) is 9.23 Å². The number of ether oxygens (including phenoxy) is 1. The van der Waals surface area contributed by atoms with Gasteiger partial charge in [0, 0.05) is 16.7 Å². The fourth-order valence-electron chi connectivity index (χ4n) is 4.34. The van der Waals surface area contributed by atoms with E-state index in [2.05, 4.69) is 13.5 Å². The molecule has 3 aromatic carbocycles. The minimum absolute atomic E-state index is 0.0629. The van der Waals surface area contributed by atoms with Crippen molar-refractivity contribution in [3.8, 4) is 28.0 Å². The van der Waals surface area contributed by atoms with Crippen LogP contribution in [-0.4, -0.2) is 6.61 Å². The lowest BCUT2D eigenvalue weighted by Gasteiger charge is -2.19. The van der Waals surface area contributed by atoms with Crippen LogP contribution in [0.3, 0.4) is 0 Å². The van der Waals surface area contributed by atoms with E-state index in [4.69, 9.17) is 4.74 Å². The maximum Gasteiger partial charge on any atom is 0.201 e. The first-order chi connectivity index (χ1) is 16.9. The van der Waals surface area contributed by atoms with Gasteiger partial charge in [0.15, 0.2) is 23.2 Å². The Hall–Kier alpha value is -3.34. The van der Waals surface area contributed by atoms with Crippen molar-refractivity contribution < 1.29 is 22.3 Å². The first-order valence-electron chi connectivity index (χ1n) is 11.9. The van der Waals surface area contributed by atoms with Gasteiger partial charge in [0.1, 0.15) is 0 Å². The normalized spacial score (nSPS) is 15.6. The summed E-state index contributed by atoms with van der Waals surface area (Å²) in [6, 6.07) is 12.3. The average Bonchev–Trinajstić information content (AvgIpc) is 2.87. The van der Waals surface area contributed by atoms with Crippen molar-refractivity contribution in [3.63, 3.8) is 0 Å². The summed E-state index contributed by atoms with van der Waals surface area (Å²) in [5.74, 6) is -3.44. The number of benzene rings is 3. The van der Waals surface area contributed by atoms with Crippen LogP contribution in [0.2, 0.25) is 0 Å². The van der Waals surface area contributed by atoms with Crippen molar-refractivity contribution in [2.75, 3.05) is 6.61 Å². The predicted molar refractivity (Wildman–Crippen MR) is 133 cm³/mol.